The van der Waals surface area contributed by atoms with Crippen molar-refractivity contribution in [2.45, 2.75) is 47.6 Å². The zero-order chi connectivity index (χ0) is 31.8. The predicted molar refractivity (Wildman–Crippen MR) is 177 cm³/mol. The summed E-state index contributed by atoms with van der Waals surface area (Å²) in [6.45, 7) is 12.3. The van der Waals surface area contributed by atoms with Crippen molar-refractivity contribution < 1.29 is 18.8 Å². The third-order valence-corrected chi connectivity index (χ3v) is 10.4. The van der Waals surface area contributed by atoms with Crippen molar-refractivity contribution in [3.05, 3.63) is 124 Å². The highest BCUT2D eigenvalue weighted by Crippen LogP contribution is 2.43. The molecule has 0 spiro atoms. The average Bonchev–Trinajstić information content (AvgIpc) is 3.23. The first-order valence-electron chi connectivity index (χ1n) is 14.9. The number of amides is 3. The zero-order valence-electron chi connectivity index (χ0n) is 26.5. The number of hydrogen-bond donors (Lipinski definition) is 0. The molecule has 7 heteroatoms. The van der Waals surface area contributed by atoms with Crippen molar-refractivity contribution in [3.8, 4) is 0 Å². The number of imide groups is 1. The highest BCUT2D eigenvalue weighted by atomic mass is 28.3. The van der Waals surface area contributed by atoms with Crippen LogP contribution in [0.3, 0.4) is 0 Å². The van der Waals surface area contributed by atoms with E-state index in [2.05, 4.69) is 58.0 Å². The van der Waals surface area contributed by atoms with Crippen LogP contribution < -0.4 is 15.3 Å². The molecule has 44 heavy (non-hydrogen) atoms. The Kier molecular flexibility index (Phi) is 8.73. The molecule has 1 aliphatic heterocycles. The van der Waals surface area contributed by atoms with Crippen LogP contribution in [0.5, 0.6) is 0 Å². The molecule has 225 valence electrons. The first kappa shape index (κ1) is 31.1. The van der Waals surface area contributed by atoms with Gasteiger partial charge in [-0.3, -0.25) is 19.3 Å². The van der Waals surface area contributed by atoms with E-state index in [4.69, 9.17) is 4.43 Å². The van der Waals surface area contributed by atoms with Gasteiger partial charge in [-0.25, -0.2) is 0 Å². The van der Waals surface area contributed by atoms with Gasteiger partial charge in [-0.15, -0.1) is 0 Å². The summed E-state index contributed by atoms with van der Waals surface area (Å²) < 4.78 is 7.24. The van der Waals surface area contributed by atoms with Crippen molar-refractivity contribution in [2.75, 3.05) is 18.5 Å². The zero-order valence-corrected chi connectivity index (χ0v) is 27.5. The number of fused-ring (bicyclic) bond motifs is 1. The molecule has 0 fully saturated rings. The average molecular weight is 604 g/mol. The fraction of sp³-hybridized carbons (Fsp3) is 0.270. The minimum Gasteiger partial charge on any atom is -0.400 e. The van der Waals surface area contributed by atoms with Crippen LogP contribution in [0.25, 0.3) is 0 Å². The topological polar surface area (TPSA) is 66.9 Å². The molecule has 6 nitrogen and oxygen atoms in total. The van der Waals surface area contributed by atoms with E-state index in [1.165, 1.54) is 0 Å². The third-order valence-electron chi connectivity index (χ3n) is 8.23. The lowest BCUT2D eigenvalue weighted by Crippen LogP contribution is -2.47. The molecule has 4 aromatic carbocycles. The Morgan fingerprint density at radius 1 is 0.795 bits per heavy atom. The second-order valence-electron chi connectivity index (χ2n) is 12.5. The van der Waals surface area contributed by atoms with Gasteiger partial charge in [-0.05, 0) is 70.9 Å². The maximum absolute atomic E-state index is 13.7. The quantitative estimate of drug-likeness (QED) is 0.189. The number of likely N-dealkylation sites (N-methyl/N-ethyl adjacent to an activating group) is 1. The first-order chi connectivity index (χ1) is 20.9. The van der Waals surface area contributed by atoms with Gasteiger partial charge in [0.05, 0.1) is 17.2 Å². The number of rotatable bonds is 8. The van der Waals surface area contributed by atoms with Gasteiger partial charge in [-0.2, -0.15) is 0 Å². The molecule has 0 N–H and O–H groups in total. The second-order valence-corrected chi connectivity index (χ2v) is 14.6. The molecule has 1 heterocycles. The number of hydrogen-bond acceptors (Lipinski definition) is 4. The summed E-state index contributed by atoms with van der Waals surface area (Å²) in [6, 6.07) is 29.5. The summed E-state index contributed by atoms with van der Waals surface area (Å²) in [5, 5.41) is 2.32. The normalized spacial score (nSPS) is 13.8. The van der Waals surface area contributed by atoms with Gasteiger partial charge < -0.3 is 9.33 Å². The van der Waals surface area contributed by atoms with E-state index in [1.54, 1.807) is 36.2 Å². The van der Waals surface area contributed by atoms with Crippen LogP contribution in [-0.4, -0.2) is 45.3 Å². The molecule has 3 amide bonds. The molecule has 0 aromatic heterocycles. The van der Waals surface area contributed by atoms with Gasteiger partial charge >= 0.3 is 0 Å². The molecular weight excluding hydrogens is 565 g/mol. The molecule has 4 aromatic rings. The van der Waals surface area contributed by atoms with Crippen LogP contribution in [0.2, 0.25) is 0 Å². The molecular formula is C37H39N2O4Si. The highest BCUT2D eigenvalue weighted by Gasteiger charge is 2.38. The molecule has 0 saturated heterocycles. The highest BCUT2D eigenvalue weighted by molar-refractivity contribution is 6.80. The molecule has 1 atom stereocenters. The predicted octanol–water partition coefficient (Wildman–Crippen LogP) is 5.78. The fourth-order valence-corrected chi connectivity index (χ4v) is 8.43. The molecule has 0 bridgehead atoms. The van der Waals surface area contributed by atoms with E-state index >= 15 is 0 Å². The maximum Gasteiger partial charge on any atom is 0.283 e. The van der Waals surface area contributed by atoms with Gasteiger partial charge in [0.15, 0.2) is 0 Å². The van der Waals surface area contributed by atoms with Gasteiger partial charge in [0.25, 0.3) is 20.9 Å². The number of anilines is 1. The maximum atomic E-state index is 13.7. The van der Waals surface area contributed by atoms with Gasteiger partial charge in [-0.1, -0.05) is 99.6 Å². The Morgan fingerprint density at radius 2 is 1.27 bits per heavy atom. The monoisotopic (exact) mass is 603 g/mol. The smallest absolute Gasteiger partial charge is 0.283 e. The molecule has 1 aliphatic rings. The van der Waals surface area contributed by atoms with Crippen molar-refractivity contribution in [2.24, 2.45) is 5.41 Å². The molecule has 1 radical (unpaired) electrons. The van der Waals surface area contributed by atoms with Gasteiger partial charge in [0.1, 0.15) is 6.54 Å². The van der Waals surface area contributed by atoms with E-state index in [-0.39, 0.29) is 24.0 Å². The van der Waals surface area contributed by atoms with E-state index in [1.807, 2.05) is 50.2 Å². The molecule has 5 rings (SSSR count). The molecule has 1 unspecified atom stereocenters. The summed E-state index contributed by atoms with van der Waals surface area (Å²) in [4.78, 5) is 42.3. The Morgan fingerprint density at radius 3 is 1.75 bits per heavy atom. The number of carbonyl (C=O) groups excluding carboxylic acids is 3. The number of aryl methyl sites for hydroxylation is 2. The van der Waals surface area contributed by atoms with Crippen LogP contribution in [-0.2, 0) is 9.22 Å². The molecule has 0 saturated carbocycles. The summed E-state index contributed by atoms with van der Waals surface area (Å²) in [7, 11) is 0.0780. The third kappa shape index (κ3) is 5.90. The first-order valence-corrected chi connectivity index (χ1v) is 16.3. The Balaban J connectivity index is 1.52. The summed E-state index contributed by atoms with van der Waals surface area (Å²) in [5.41, 5.74) is 5.17. The summed E-state index contributed by atoms with van der Waals surface area (Å²) in [5.74, 6) is -1.22. The molecule has 0 aliphatic carbocycles. The van der Waals surface area contributed by atoms with E-state index < -0.39 is 20.9 Å². The SMILES string of the molecule is Cc1cc(C)c(N(C)C(=O)CN2C(=O)c3ccccc3C2=O)c(C)c1C(O[Si](c1ccccc1)c1ccccc1)C(C)(C)C. The lowest BCUT2D eigenvalue weighted by atomic mass is 9.80. The standard InChI is InChI=1S/C37H39N2O4Si/c1-24-22-25(2)33(38(7)31(40)23-39-35(41)29-20-14-15-21-30(29)36(39)42)26(3)32(24)34(37(4,5)6)43-44(27-16-10-8-11-17-27)28-18-12-9-13-19-28/h8-22,34H,23H2,1-7H3. The van der Waals surface area contributed by atoms with E-state index in [0.717, 1.165) is 43.2 Å². The summed E-state index contributed by atoms with van der Waals surface area (Å²) >= 11 is 0. The van der Waals surface area contributed by atoms with Crippen molar-refractivity contribution in [3.63, 3.8) is 0 Å². The summed E-state index contributed by atoms with van der Waals surface area (Å²) in [6.07, 6.45) is -0.282. The Labute approximate surface area is 262 Å². The van der Waals surface area contributed by atoms with Crippen LogP contribution >= 0.6 is 0 Å². The largest absolute Gasteiger partial charge is 0.400 e. The van der Waals surface area contributed by atoms with Crippen molar-refractivity contribution in [1.29, 1.82) is 0 Å². The van der Waals surface area contributed by atoms with Gasteiger partial charge in [0.2, 0.25) is 5.91 Å². The number of nitrogens with zero attached hydrogens (tertiary/aromatic N) is 2. The number of benzene rings is 4. The van der Waals surface area contributed by atoms with Crippen LogP contribution in [0.4, 0.5) is 5.69 Å². The minimum absolute atomic E-state index is 0.274. The van der Waals surface area contributed by atoms with Crippen LogP contribution in [0.1, 0.15) is 69.8 Å². The van der Waals surface area contributed by atoms with Crippen LogP contribution in [0.15, 0.2) is 91.0 Å². The number of carbonyl (C=O) groups is 3. The van der Waals surface area contributed by atoms with Gasteiger partial charge in [0, 0.05) is 12.7 Å². The van der Waals surface area contributed by atoms with E-state index in [0.29, 0.717) is 11.1 Å². The van der Waals surface area contributed by atoms with Crippen molar-refractivity contribution in [1.82, 2.24) is 4.90 Å². The fourth-order valence-electron chi connectivity index (χ4n) is 6.13. The van der Waals surface area contributed by atoms with Crippen LogP contribution in [0, 0.1) is 26.2 Å². The van der Waals surface area contributed by atoms with E-state index in [9.17, 15) is 14.4 Å². The van der Waals surface area contributed by atoms with Crippen molar-refractivity contribution >= 4 is 42.8 Å². The minimum atomic E-state index is -1.64. The second kappa shape index (κ2) is 12.3. The Hall–Kier alpha value is -4.33. The Bertz CT molecular complexity index is 1640. The lowest BCUT2D eigenvalue weighted by molar-refractivity contribution is -0.118. The lowest BCUT2D eigenvalue weighted by Gasteiger charge is -2.37.